The Morgan fingerprint density at radius 1 is 1.56 bits per heavy atom. The van der Waals surface area contributed by atoms with Gasteiger partial charge >= 0.3 is 0 Å². The molecule has 0 aliphatic carbocycles. The molecule has 1 aromatic rings. The van der Waals surface area contributed by atoms with E-state index in [1.54, 1.807) is 18.2 Å². The molecule has 0 radical (unpaired) electrons. The Kier molecular flexibility index (Phi) is 5.25. The minimum absolute atomic E-state index is 0.310. The lowest BCUT2D eigenvalue weighted by molar-refractivity contribution is 0.0208. The Labute approximate surface area is 108 Å². The summed E-state index contributed by atoms with van der Waals surface area (Å²) in [4.78, 5) is 16.7. The summed E-state index contributed by atoms with van der Waals surface area (Å²) in [6.45, 7) is 4.48. The molecule has 0 fully saturated rings. The van der Waals surface area contributed by atoms with Gasteiger partial charge in [0.25, 0.3) is 5.91 Å². The number of hydrogen-bond donors (Lipinski definition) is 1. The molecule has 16 heavy (non-hydrogen) atoms. The zero-order valence-corrected chi connectivity index (χ0v) is 11.4. The van der Waals surface area contributed by atoms with Gasteiger partial charge in [0.05, 0.1) is 12.2 Å². The van der Waals surface area contributed by atoms with Gasteiger partial charge in [0.1, 0.15) is 0 Å². The van der Waals surface area contributed by atoms with Gasteiger partial charge in [0, 0.05) is 9.50 Å². The molecule has 1 amide bonds. The molecule has 5 heteroatoms. The molecule has 1 N–H and O–H groups in total. The van der Waals surface area contributed by atoms with Crippen LogP contribution in [0.3, 0.4) is 0 Å². The summed E-state index contributed by atoms with van der Waals surface area (Å²) in [5.74, 6) is 0.0538. The zero-order chi connectivity index (χ0) is 12.1. The van der Waals surface area contributed by atoms with Crippen LogP contribution in [0.1, 0.15) is 24.2 Å². The monoisotopic (exact) mass is 305 g/mol. The third-order valence-corrected chi connectivity index (χ3v) is 2.68. The summed E-state index contributed by atoms with van der Waals surface area (Å²) in [6, 6.07) is 5.01. The van der Waals surface area contributed by atoms with E-state index in [-0.39, 0.29) is 5.91 Å². The fourth-order valence-electron chi connectivity index (χ4n) is 1.00. The highest BCUT2D eigenvalue weighted by Gasteiger charge is 2.10. The Bertz CT molecular complexity index is 382. The smallest absolute Gasteiger partial charge is 0.273 e. The Balaban J connectivity index is 2.62. The summed E-state index contributed by atoms with van der Waals surface area (Å²) < 4.78 is 0.683. The molecular weight excluding hydrogens is 293 g/mol. The van der Waals surface area contributed by atoms with Gasteiger partial charge in [-0.15, -0.1) is 0 Å². The van der Waals surface area contributed by atoms with Gasteiger partial charge in [0.2, 0.25) is 0 Å². The highest BCUT2D eigenvalue weighted by molar-refractivity contribution is 9.10. The van der Waals surface area contributed by atoms with E-state index in [0.29, 0.717) is 27.6 Å². The number of benzene rings is 1. The third-order valence-electron chi connectivity index (χ3n) is 1.75. The average molecular weight is 307 g/mol. The first-order valence-corrected chi connectivity index (χ1v) is 6.05. The van der Waals surface area contributed by atoms with Gasteiger partial charge in [-0.3, -0.25) is 9.63 Å². The molecule has 1 aromatic carbocycles. The second-order valence-electron chi connectivity index (χ2n) is 3.76. The lowest BCUT2D eigenvalue weighted by Crippen LogP contribution is -2.25. The van der Waals surface area contributed by atoms with Crippen molar-refractivity contribution in [1.82, 2.24) is 5.48 Å². The number of hydroxylamine groups is 1. The van der Waals surface area contributed by atoms with Crippen molar-refractivity contribution in [3.8, 4) is 0 Å². The molecule has 1 rings (SSSR count). The van der Waals surface area contributed by atoms with Crippen LogP contribution < -0.4 is 5.48 Å². The van der Waals surface area contributed by atoms with Crippen LogP contribution in [-0.4, -0.2) is 12.5 Å². The van der Waals surface area contributed by atoms with Gasteiger partial charge in [-0.25, -0.2) is 5.48 Å². The summed E-state index contributed by atoms with van der Waals surface area (Å²) in [5.41, 5.74) is 2.83. The quantitative estimate of drug-likeness (QED) is 0.866. The first-order chi connectivity index (χ1) is 7.50. The number of carbonyl (C=O) groups is 1. The maximum absolute atomic E-state index is 11.7. The number of halogens is 2. The van der Waals surface area contributed by atoms with Crippen molar-refractivity contribution in [1.29, 1.82) is 0 Å². The van der Waals surface area contributed by atoms with Gasteiger partial charge in [-0.2, -0.15) is 0 Å². The first kappa shape index (κ1) is 13.5. The SMILES string of the molecule is CC(C)CONC(=O)c1cc(Cl)ccc1Br. The summed E-state index contributed by atoms with van der Waals surface area (Å²) in [5, 5.41) is 0.511. The van der Waals surface area contributed by atoms with E-state index in [9.17, 15) is 4.79 Å². The highest BCUT2D eigenvalue weighted by atomic mass is 79.9. The summed E-state index contributed by atoms with van der Waals surface area (Å²) in [6.07, 6.45) is 0. The molecule has 88 valence electrons. The van der Waals surface area contributed by atoms with Crippen molar-refractivity contribution < 1.29 is 9.63 Å². The molecule has 0 aliphatic rings. The topological polar surface area (TPSA) is 38.3 Å². The van der Waals surface area contributed by atoms with E-state index >= 15 is 0 Å². The number of hydrogen-bond acceptors (Lipinski definition) is 2. The van der Waals surface area contributed by atoms with Crippen molar-refractivity contribution in [2.24, 2.45) is 5.92 Å². The third kappa shape index (κ3) is 4.12. The van der Waals surface area contributed by atoms with Crippen molar-refractivity contribution in [2.45, 2.75) is 13.8 Å². The van der Waals surface area contributed by atoms with Gasteiger partial charge < -0.3 is 0 Å². The molecule has 0 saturated carbocycles. The zero-order valence-electron chi connectivity index (χ0n) is 9.09. The van der Waals surface area contributed by atoms with E-state index in [1.165, 1.54) is 0 Å². The number of carbonyl (C=O) groups excluding carboxylic acids is 1. The minimum Gasteiger partial charge on any atom is -0.273 e. The maximum Gasteiger partial charge on any atom is 0.276 e. The van der Waals surface area contributed by atoms with Gasteiger partial charge in [-0.05, 0) is 40.0 Å². The Morgan fingerprint density at radius 2 is 2.25 bits per heavy atom. The van der Waals surface area contributed by atoms with Crippen LogP contribution in [0, 0.1) is 5.92 Å². The largest absolute Gasteiger partial charge is 0.276 e. The number of nitrogens with one attached hydrogen (secondary N) is 1. The van der Waals surface area contributed by atoms with E-state index in [4.69, 9.17) is 16.4 Å². The average Bonchev–Trinajstić information content (AvgIpc) is 2.21. The van der Waals surface area contributed by atoms with Crippen LogP contribution in [0.2, 0.25) is 5.02 Å². The number of rotatable bonds is 4. The molecule has 0 aliphatic heterocycles. The fourth-order valence-corrected chi connectivity index (χ4v) is 1.60. The second-order valence-corrected chi connectivity index (χ2v) is 5.05. The van der Waals surface area contributed by atoms with Crippen molar-refractivity contribution in [3.05, 3.63) is 33.3 Å². The fraction of sp³-hybridized carbons (Fsp3) is 0.364. The molecule has 3 nitrogen and oxygen atoms in total. The lowest BCUT2D eigenvalue weighted by Gasteiger charge is -2.09. The van der Waals surface area contributed by atoms with Crippen LogP contribution in [0.15, 0.2) is 22.7 Å². The molecule has 0 saturated heterocycles. The molecule has 0 spiro atoms. The molecule has 0 unspecified atom stereocenters. The second kappa shape index (κ2) is 6.23. The van der Waals surface area contributed by atoms with E-state index in [1.807, 2.05) is 13.8 Å². The summed E-state index contributed by atoms with van der Waals surface area (Å²) in [7, 11) is 0. The normalized spacial score (nSPS) is 10.6. The van der Waals surface area contributed by atoms with Gasteiger partial charge in [-0.1, -0.05) is 25.4 Å². The Hall–Kier alpha value is -0.580. The Morgan fingerprint density at radius 3 is 2.88 bits per heavy atom. The predicted molar refractivity (Wildman–Crippen MR) is 67.4 cm³/mol. The molecule has 0 heterocycles. The molecule has 0 aromatic heterocycles. The summed E-state index contributed by atoms with van der Waals surface area (Å²) >= 11 is 9.08. The van der Waals surface area contributed by atoms with Crippen molar-refractivity contribution in [3.63, 3.8) is 0 Å². The van der Waals surface area contributed by atoms with Crippen molar-refractivity contribution in [2.75, 3.05) is 6.61 Å². The van der Waals surface area contributed by atoms with E-state index in [2.05, 4.69) is 21.4 Å². The van der Waals surface area contributed by atoms with Crippen LogP contribution in [0.4, 0.5) is 0 Å². The van der Waals surface area contributed by atoms with E-state index in [0.717, 1.165) is 0 Å². The maximum atomic E-state index is 11.7. The number of amides is 1. The molecule has 0 atom stereocenters. The van der Waals surface area contributed by atoms with Crippen LogP contribution in [0.25, 0.3) is 0 Å². The standard InChI is InChI=1S/C11H13BrClNO2/c1-7(2)6-16-14-11(15)9-5-8(13)3-4-10(9)12/h3-5,7H,6H2,1-2H3,(H,14,15). The minimum atomic E-state index is -0.310. The lowest BCUT2D eigenvalue weighted by atomic mass is 10.2. The highest BCUT2D eigenvalue weighted by Crippen LogP contribution is 2.20. The van der Waals surface area contributed by atoms with Gasteiger partial charge in [0.15, 0.2) is 0 Å². The van der Waals surface area contributed by atoms with E-state index < -0.39 is 0 Å². The van der Waals surface area contributed by atoms with Crippen molar-refractivity contribution >= 4 is 33.4 Å². The predicted octanol–water partition coefficient (Wildman–Crippen LogP) is 3.42. The first-order valence-electron chi connectivity index (χ1n) is 4.88. The van der Waals surface area contributed by atoms with Crippen LogP contribution in [0.5, 0.6) is 0 Å². The molecule has 0 bridgehead atoms. The molecular formula is C11H13BrClNO2. The van der Waals surface area contributed by atoms with Crippen LogP contribution >= 0.6 is 27.5 Å². The van der Waals surface area contributed by atoms with Crippen LogP contribution in [-0.2, 0) is 4.84 Å².